The van der Waals surface area contributed by atoms with Gasteiger partial charge < -0.3 is 5.73 Å². The third-order valence-corrected chi connectivity index (χ3v) is 5.20. The van der Waals surface area contributed by atoms with Gasteiger partial charge in [-0.2, -0.15) is 0 Å². The minimum Gasteiger partial charge on any atom is -0.393 e. The van der Waals surface area contributed by atoms with E-state index in [4.69, 9.17) is 29.6 Å². The standard InChI is InChI=1S/C15H16ClF2N3S/c16-10-3-9(6-20-7-10)15(14(19)22)4-11-1-2-12(5-15)21(11)8-13(17)18/h1-3,6-7,11-13H,4-5,8H2,(H2,19,22). The molecule has 2 aliphatic heterocycles. The minimum absolute atomic E-state index is 0.0896. The van der Waals surface area contributed by atoms with Gasteiger partial charge in [0.25, 0.3) is 6.43 Å². The van der Waals surface area contributed by atoms with E-state index < -0.39 is 11.8 Å². The summed E-state index contributed by atoms with van der Waals surface area (Å²) >= 11 is 11.4. The lowest BCUT2D eigenvalue weighted by atomic mass is 9.70. The van der Waals surface area contributed by atoms with Gasteiger partial charge in [0.1, 0.15) is 0 Å². The lowest BCUT2D eigenvalue weighted by Crippen LogP contribution is -2.55. The number of nitrogens with zero attached hydrogens (tertiary/aromatic N) is 2. The van der Waals surface area contributed by atoms with Gasteiger partial charge in [0.15, 0.2) is 0 Å². The molecule has 3 heterocycles. The molecule has 0 aliphatic carbocycles. The molecule has 2 aliphatic rings. The number of halogens is 3. The highest BCUT2D eigenvalue weighted by atomic mass is 35.5. The topological polar surface area (TPSA) is 42.1 Å². The van der Waals surface area contributed by atoms with Crippen LogP contribution in [-0.2, 0) is 5.41 Å². The molecule has 1 aromatic heterocycles. The maximum Gasteiger partial charge on any atom is 0.251 e. The van der Waals surface area contributed by atoms with Gasteiger partial charge in [-0.3, -0.25) is 9.88 Å². The zero-order valence-corrected chi connectivity index (χ0v) is 13.3. The molecule has 0 aromatic carbocycles. The fraction of sp³-hybridized carbons (Fsp3) is 0.467. The number of thiocarbonyl (C=S) groups is 1. The third-order valence-electron chi connectivity index (χ3n) is 4.60. The summed E-state index contributed by atoms with van der Waals surface area (Å²) < 4.78 is 25.5. The lowest BCUT2D eigenvalue weighted by Gasteiger charge is -2.46. The maximum absolute atomic E-state index is 12.8. The molecule has 1 aromatic rings. The Labute approximate surface area is 138 Å². The van der Waals surface area contributed by atoms with E-state index in [1.54, 1.807) is 12.4 Å². The van der Waals surface area contributed by atoms with Gasteiger partial charge in [0.05, 0.1) is 22.0 Å². The molecule has 0 radical (unpaired) electrons. The first-order valence-corrected chi connectivity index (χ1v) is 7.84. The van der Waals surface area contributed by atoms with Crippen molar-refractivity contribution >= 4 is 28.8 Å². The molecule has 2 atom stereocenters. The molecule has 2 unspecified atom stereocenters. The van der Waals surface area contributed by atoms with Gasteiger partial charge >= 0.3 is 0 Å². The van der Waals surface area contributed by atoms with Gasteiger partial charge in [-0.1, -0.05) is 36.0 Å². The lowest BCUT2D eigenvalue weighted by molar-refractivity contribution is 0.0399. The molecule has 7 heteroatoms. The molecule has 2 bridgehead atoms. The number of fused-ring (bicyclic) bond motifs is 2. The first kappa shape index (κ1) is 15.8. The summed E-state index contributed by atoms with van der Waals surface area (Å²) in [4.78, 5) is 6.31. The number of alkyl halides is 2. The highest BCUT2D eigenvalue weighted by Crippen LogP contribution is 2.45. The molecule has 118 valence electrons. The van der Waals surface area contributed by atoms with Gasteiger partial charge in [-0.15, -0.1) is 0 Å². The van der Waals surface area contributed by atoms with Crippen molar-refractivity contribution in [1.29, 1.82) is 0 Å². The van der Waals surface area contributed by atoms with Crippen LogP contribution in [0.1, 0.15) is 18.4 Å². The Balaban J connectivity index is 1.94. The summed E-state index contributed by atoms with van der Waals surface area (Å²) in [5.41, 5.74) is 6.36. The van der Waals surface area contributed by atoms with Crippen LogP contribution in [0.15, 0.2) is 30.6 Å². The summed E-state index contributed by atoms with van der Waals surface area (Å²) in [6.45, 7) is -0.233. The Morgan fingerprint density at radius 2 is 2.05 bits per heavy atom. The Kier molecular flexibility index (Phi) is 4.18. The number of hydrogen-bond acceptors (Lipinski definition) is 3. The summed E-state index contributed by atoms with van der Waals surface area (Å²) in [5.74, 6) is 0. The van der Waals surface area contributed by atoms with Crippen molar-refractivity contribution in [3.05, 3.63) is 41.2 Å². The number of nitrogens with two attached hydrogens (primary N) is 1. The fourth-order valence-electron chi connectivity index (χ4n) is 3.57. The molecule has 0 amide bonds. The normalized spacial score (nSPS) is 30.9. The van der Waals surface area contributed by atoms with Crippen LogP contribution in [0.5, 0.6) is 0 Å². The summed E-state index contributed by atoms with van der Waals surface area (Å²) in [6.07, 6.45) is 6.02. The predicted octanol–water partition coefficient (Wildman–Crippen LogP) is 2.93. The smallest absolute Gasteiger partial charge is 0.251 e. The molecule has 0 saturated carbocycles. The van der Waals surface area contributed by atoms with Crippen molar-refractivity contribution in [2.75, 3.05) is 6.54 Å². The van der Waals surface area contributed by atoms with Crippen LogP contribution in [0, 0.1) is 0 Å². The van der Waals surface area contributed by atoms with Crippen LogP contribution in [0.2, 0.25) is 5.02 Å². The highest BCUT2D eigenvalue weighted by molar-refractivity contribution is 7.80. The van der Waals surface area contributed by atoms with Gasteiger partial charge in [0.2, 0.25) is 0 Å². The Bertz CT molecular complexity index is 607. The summed E-state index contributed by atoms with van der Waals surface area (Å²) in [7, 11) is 0. The molecule has 3 rings (SSSR count). The van der Waals surface area contributed by atoms with E-state index in [9.17, 15) is 8.78 Å². The van der Waals surface area contributed by atoms with Crippen molar-refractivity contribution in [3.63, 3.8) is 0 Å². The first-order valence-electron chi connectivity index (χ1n) is 7.05. The number of aromatic nitrogens is 1. The van der Waals surface area contributed by atoms with Gasteiger partial charge in [0, 0.05) is 24.5 Å². The van der Waals surface area contributed by atoms with Crippen LogP contribution >= 0.6 is 23.8 Å². The maximum atomic E-state index is 12.8. The average Bonchev–Trinajstić information content (AvgIpc) is 2.70. The molecule has 0 spiro atoms. The molecular weight excluding hydrogens is 328 g/mol. The molecule has 1 fully saturated rings. The monoisotopic (exact) mass is 343 g/mol. The van der Waals surface area contributed by atoms with Gasteiger partial charge in [-0.05, 0) is 24.5 Å². The Morgan fingerprint density at radius 3 is 2.55 bits per heavy atom. The van der Waals surface area contributed by atoms with Crippen molar-refractivity contribution in [2.24, 2.45) is 5.73 Å². The first-order chi connectivity index (χ1) is 10.4. The number of rotatable bonds is 4. The molecule has 22 heavy (non-hydrogen) atoms. The minimum atomic E-state index is -2.35. The second-order valence-corrected chi connectivity index (χ2v) is 6.73. The van der Waals surface area contributed by atoms with E-state index in [-0.39, 0.29) is 18.6 Å². The average molecular weight is 344 g/mol. The Hall–Kier alpha value is -1.11. The van der Waals surface area contributed by atoms with Crippen molar-refractivity contribution in [2.45, 2.75) is 36.8 Å². The quantitative estimate of drug-likeness (QED) is 0.674. The largest absolute Gasteiger partial charge is 0.393 e. The van der Waals surface area contributed by atoms with E-state index in [1.165, 1.54) is 0 Å². The van der Waals surface area contributed by atoms with Crippen molar-refractivity contribution in [1.82, 2.24) is 9.88 Å². The summed E-state index contributed by atoms with van der Waals surface area (Å²) in [6, 6.07) is 1.64. The van der Waals surface area contributed by atoms with E-state index in [0.717, 1.165) is 5.56 Å². The number of pyridine rings is 1. The summed E-state index contributed by atoms with van der Waals surface area (Å²) in [5, 5.41) is 0.517. The van der Waals surface area contributed by atoms with Crippen LogP contribution < -0.4 is 5.73 Å². The van der Waals surface area contributed by atoms with E-state index in [2.05, 4.69) is 4.98 Å². The van der Waals surface area contributed by atoms with Gasteiger partial charge in [-0.25, -0.2) is 8.78 Å². The molecule has 3 nitrogen and oxygen atoms in total. The fourth-order valence-corrected chi connectivity index (χ4v) is 4.03. The molecule has 2 N–H and O–H groups in total. The zero-order chi connectivity index (χ0) is 15.9. The predicted molar refractivity (Wildman–Crippen MR) is 86.4 cm³/mol. The second kappa shape index (κ2) is 5.83. The second-order valence-electron chi connectivity index (χ2n) is 5.85. The SMILES string of the molecule is NC(=S)C1(c2cncc(Cl)c2)CC2C=CC(C1)N2CC(F)F. The third kappa shape index (κ3) is 2.64. The van der Waals surface area contributed by atoms with E-state index >= 15 is 0 Å². The highest BCUT2D eigenvalue weighted by Gasteiger charge is 2.49. The van der Waals surface area contributed by atoms with Crippen LogP contribution in [0.4, 0.5) is 8.78 Å². The van der Waals surface area contributed by atoms with Crippen LogP contribution in [0.25, 0.3) is 0 Å². The van der Waals surface area contributed by atoms with Crippen LogP contribution in [0.3, 0.4) is 0 Å². The molecular formula is C15H16ClF2N3S. The van der Waals surface area contributed by atoms with E-state index in [1.807, 2.05) is 23.1 Å². The molecule has 1 saturated heterocycles. The number of piperidine rings is 1. The van der Waals surface area contributed by atoms with Crippen molar-refractivity contribution in [3.8, 4) is 0 Å². The zero-order valence-electron chi connectivity index (χ0n) is 11.8. The van der Waals surface area contributed by atoms with Crippen LogP contribution in [-0.4, -0.2) is 39.9 Å². The van der Waals surface area contributed by atoms with E-state index in [0.29, 0.717) is 22.9 Å². The Morgan fingerprint density at radius 1 is 1.41 bits per heavy atom. The number of hydrogen-bond donors (Lipinski definition) is 1. The van der Waals surface area contributed by atoms with Crippen molar-refractivity contribution < 1.29 is 8.78 Å².